The zero-order valence-corrected chi connectivity index (χ0v) is 15.0. The molecule has 138 valence electrons. The second-order valence-electron chi connectivity index (χ2n) is 5.39. The number of benzene rings is 1. The van der Waals surface area contributed by atoms with Gasteiger partial charge in [-0.15, -0.1) is 12.4 Å². The van der Waals surface area contributed by atoms with Gasteiger partial charge in [-0.1, -0.05) is 0 Å². The monoisotopic (exact) mass is 366 g/mol. The van der Waals surface area contributed by atoms with E-state index in [0.717, 1.165) is 31.7 Å². The molecule has 0 unspecified atom stereocenters. The fraction of sp³-hybridized carbons (Fsp3) is 0.625. The van der Waals surface area contributed by atoms with Gasteiger partial charge in [0.25, 0.3) is 0 Å². The molecule has 1 aromatic carbocycles. The minimum atomic E-state index is -2.38. The molecular weight excluding hydrogens is 342 g/mol. The van der Waals surface area contributed by atoms with Crippen molar-refractivity contribution in [2.45, 2.75) is 18.9 Å². The number of halogens is 3. The van der Waals surface area contributed by atoms with Gasteiger partial charge in [0.05, 0.1) is 21.3 Å². The lowest BCUT2D eigenvalue weighted by atomic mass is 10.00. The molecule has 1 aliphatic heterocycles. The third-order valence-corrected chi connectivity index (χ3v) is 4.07. The highest BCUT2D eigenvalue weighted by molar-refractivity contribution is 5.85. The molecule has 1 N–H and O–H groups in total. The molecule has 1 saturated heterocycles. The Labute approximate surface area is 147 Å². The first-order chi connectivity index (χ1) is 11.1. The highest BCUT2D eigenvalue weighted by Crippen LogP contribution is 2.41. The molecule has 1 atom stereocenters. The highest BCUT2D eigenvalue weighted by atomic mass is 35.5. The molecule has 0 aromatic heterocycles. The largest absolute Gasteiger partial charge is 0.493 e. The van der Waals surface area contributed by atoms with Crippen LogP contribution in [-0.4, -0.2) is 58.8 Å². The Balaban J connectivity index is 0.00000288. The second-order valence-corrected chi connectivity index (χ2v) is 5.39. The summed E-state index contributed by atoms with van der Waals surface area (Å²) in [7, 11) is 4.56. The number of methoxy groups -OCH3 is 3. The van der Waals surface area contributed by atoms with E-state index in [-0.39, 0.29) is 24.9 Å². The molecule has 0 bridgehead atoms. The third-order valence-electron chi connectivity index (χ3n) is 4.07. The first-order valence-corrected chi connectivity index (χ1v) is 7.63. The number of piperazine rings is 1. The van der Waals surface area contributed by atoms with E-state index < -0.39 is 6.43 Å². The van der Waals surface area contributed by atoms with E-state index in [1.165, 1.54) is 21.3 Å². The molecule has 1 fully saturated rings. The second kappa shape index (κ2) is 9.86. The van der Waals surface area contributed by atoms with Crippen LogP contribution in [0.1, 0.15) is 18.0 Å². The molecular formula is C16H25ClF2N2O3. The van der Waals surface area contributed by atoms with Gasteiger partial charge in [-0.05, 0) is 17.7 Å². The lowest BCUT2D eigenvalue weighted by molar-refractivity contribution is 0.0737. The maximum Gasteiger partial charge on any atom is 0.240 e. The van der Waals surface area contributed by atoms with Crippen LogP contribution in [0.3, 0.4) is 0 Å². The molecule has 0 amide bonds. The average Bonchev–Trinajstić information content (AvgIpc) is 2.58. The van der Waals surface area contributed by atoms with Crippen molar-refractivity contribution < 1.29 is 23.0 Å². The molecule has 0 saturated carbocycles. The van der Waals surface area contributed by atoms with Gasteiger partial charge in [0.1, 0.15) is 0 Å². The van der Waals surface area contributed by atoms with Crippen LogP contribution in [0.4, 0.5) is 8.78 Å². The van der Waals surface area contributed by atoms with Crippen LogP contribution >= 0.6 is 12.4 Å². The molecule has 0 spiro atoms. The third kappa shape index (κ3) is 4.84. The summed E-state index contributed by atoms with van der Waals surface area (Å²) in [5.74, 6) is 1.43. The van der Waals surface area contributed by atoms with Crippen molar-refractivity contribution in [2.24, 2.45) is 0 Å². The highest BCUT2D eigenvalue weighted by Gasteiger charge is 2.27. The maximum absolute atomic E-state index is 13.1. The zero-order valence-electron chi connectivity index (χ0n) is 14.2. The van der Waals surface area contributed by atoms with Crippen LogP contribution in [0.15, 0.2) is 12.1 Å². The number of rotatable bonds is 7. The first kappa shape index (κ1) is 20.7. The fourth-order valence-electron chi connectivity index (χ4n) is 2.95. The molecule has 8 heteroatoms. The summed E-state index contributed by atoms with van der Waals surface area (Å²) in [5.41, 5.74) is 0.752. The Morgan fingerprint density at radius 2 is 1.58 bits per heavy atom. The van der Waals surface area contributed by atoms with E-state index in [4.69, 9.17) is 14.2 Å². The van der Waals surface area contributed by atoms with Crippen molar-refractivity contribution >= 4 is 12.4 Å². The minimum Gasteiger partial charge on any atom is -0.493 e. The van der Waals surface area contributed by atoms with Gasteiger partial charge in [-0.2, -0.15) is 0 Å². The molecule has 1 aromatic rings. The predicted octanol–water partition coefficient (Wildman–Crippen LogP) is 2.74. The Morgan fingerprint density at radius 3 is 2.00 bits per heavy atom. The molecule has 1 heterocycles. The summed E-state index contributed by atoms with van der Waals surface area (Å²) in [6.07, 6.45) is -2.60. The van der Waals surface area contributed by atoms with Gasteiger partial charge < -0.3 is 19.5 Å². The maximum atomic E-state index is 13.1. The van der Waals surface area contributed by atoms with Crippen LogP contribution in [-0.2, 0) is 0 Å². The van der Waals surface area contributed by atoms with Gasteiger partial charge in [-0.25, -0.2) is 8.78 Å². The Morgan fingerprint density at radius 1 is 1.04 bits per heavy atom. The Hall–Kier alpha value is -1.31. The topological polar surface area (TPSA) is 43.0 Å². The van der Waals surface area contributed by atoms with Crippen molar-refractivity contribution in [1.29, 1.82) is 0 Å². The van der Waals surface area contributed by atoms with Crippen LogP contribution in [0, 0.1) is 0 Å². The van der Waals surface area contributed by atoms with E-state index in [2.05, 4.69) is 10.2 Å². The molecule has 0 aliphatic carbocycles. The van der Waals surface area contributed by atoms with Crippen LogP contribution < -0.4 is 19.5 Å². The van der Waals surface area contributed by atoms with Crippen LogP contribution in [0.5, 0.6) is 17.2 Å². The molecule has 1 aliphatic rings. The van der Waals surface area contributed by atoms with Crippen molar-refractivity contribution in [1.82, 2.24) is 10.2 Å². The molecule has 5 nitrogen and oxygen atoms in total. The van der Waals surface area contributed by atoms with Gasteiger partial charge in [0, 0.05) is 38.6 Å². The smallest absolute Gasteiger partial charge is 0.240 e. The lowest BCUT2D eigenvalue weighted by Gasteiger charge is -2.35. The van der Waals surface area contributed by atoms with Gasteiger partial charge in [-0.3, -0.25) is 4.90 Å². The molecule has 2 rings (SSSR count). The summed E-state index contributed by atoms with van der Waals surface area (Å²) >= 11 is 0. The number of nitrogens with zero attached hydrogens (tertiary/aromatic N) is 1. The van der Waals surface area contributed by atoms with Crippen LogP contribution in [0.2, 0.25) is 0 Å². The minimum absolute atomic E-state index is 0. The van der Waals surface area contributed by atoms with Crippen molar-refractivity contribution in [3.05, 3.63) is 17.7 Å². The predicted molar refractivity (Wildman–Crippen MR) is 91.2 cm³/mol. The molecule has 24 heavy (non-hydrogen) atoms. The zero-order chi connectivity index (χ0) is 16.8. The normalized spacial score (nSPS) is 16.4. The van der Waals surface area contributed by atoms with Crippen LogP contribution in [0.25, 0.3) is 0 Å². The summed E-state index contributed by atoms with van der Waals surface area (Å²) < 4.78 is 42.2. The van der Waals surface area contributed by atoms with E-state index in [1.807, 2.05) is 0 Å². The van der Waals surface area contributed by atoms with Gasteiger partial charge in [0.2, 0.25) is 12.2 Å². The fourth-order valence-corrected chi connectivity index (χ4v) is 2.95. The van der Waals surface area contributed by atoms with E-state index in [0.29, 0.717) is 17.2 Å². The summed E-state index contributed by atoms with van der Waals surface area (Å²) in [4.78, 5) is 2.07. The number of ether oxygens (including phenoxy) is 3. The summed E-state index contributed by atoms with van der Waals surface area (Å²) in [6, 6.07) is 3.14. The van der Waals surface area contributed by atoms with Crippen molar-refractivity contribution in [3.63, 3.8) is 0 Å². The van der Waals surface area contributed by atoms with E-state index in [1.54, 1.807) is 12.1 Å². The van der Waals surface area contributed by atoms with Gasteiger partial charge in [0.15, 0.2) is 11.5 Å². The summed E-state index contributed by atoms with van der Waals surface area (Å²) in [5, 5.41) is 3.24. The SMILES string of the molecule is COc1cc([C@@H](CC(F)F)N2CCNCC2)cc(OC)c1OC.Cl. The Bertz CT molecular complexity index is 489. The first-order valence-electron chi connectivity index (χ1n) is 7.63. The number of nitrogens with one attached hydrogen (secondary N) is 1. The van der Waals surface area contributed by atoms with Crippen molar-refractivity contribution in [3.8, 4) is 17.2 Å². The lowest BCUT2D eigenvalue weighted by Crippen LogP contribution is -2.45. The van der Waals surface area contributed by atoms with E-state index >= 15 is 0 Å². The van der Waals surface area contributed by atoms with Gasteiger partial charge >= 0.3 is 0 Å². The van der Waals surface area contributed by atoms with E-state index in [9.17, 15) is 8.78 Å². The number of hydrogen-bond donors (Lipinski definition) is 1. The summed E-state index contributed by atoms with van der Waals surface area (Å²) in [6.45, 7) is 3.05. The standard InChI is InChI=1S/C16H24F2N2O3.ClH/c1-21-13-8-11(9-14(22-2)16(13)23-3)12(10-15(17)18)20-6-4-19-5-7-20;/h8-9,12,15,19H,4-7,10H2,1-3H3;1H/t12-;/m1./s1. The number of alkyl halides is 2. The Kier molecular flexibility index (Phi) is 8.52. The number of hydrogen-bond acceptors (Lipinski definition) is 5. The van der Waals surface area contributed by atoms with Crippen molar-refractivity contribution in [2.75, 3.05) is 47.5 Å². The average molecular weight is 367 g/mol. The molecule has 0 radical (unpaired) electrons. The quantitative estimate of drug-likeness (QED) is 0.803.